The van der Waals surface area contributed by atoms with Crippen LogP contribution in [0.4, 0.5) is 4.39 Å². The monoisotopic (exact) mass is 365 g/mol. The second kappa shape index (κ2) is 8.85. The molecule has 0 radical (unpaired) electrons. The molecule has 0 aromatic heterocycles. The Hall–Kier alpha value is -3.34. The summed E-state index contributed by atoms with van der Waals surface area (Å²) in [4.78, 5) is 11.8. The van der Waals surface area contributed by atoms with Crippen LogP contribution < -0.4 is 14.8 Å². The Balaban J connectivity index is 1.45. The first-order valence-corrected chi connectivity index (χ1v) is 8.57. The van der Waals surface area contributed by atoms with Crippen LogP contribution in [-0.2, 0) is 4.79 Å². The van der Waals surface area contributed by atoms with Gasteiger partial charge in [-0.3, -0.25) is 4.79 Å². The molecule has 3 rings (SSSR count). The molecule has 0 saturated carbocycles. The standard InChI is InChI=1S/C22H20FNO3/c1-26-21-10-6-16(14-20(21)23)7-11-22(25)24-12-13-27-19-9-8-17-4-2-3-5-18(17)15-19/h2-11,14-15H,12-13H2,1H3,(H,24,25)/b11-7+. The first-order chi connectivity index (χ1) is 13.2. The number of hydrogen-bond acceptors (Lipinski definition) is 3. The minimum absolute atomic E-state index is 0.169. The lowest BCUT2D eigenvalue weighted by atomic mass is 10.1. The normalized spacial score (nSPS) is 10.9. The molecule has 0 bridgehead atoms. The fourth-order valence-corrected chi connectivity index (χ4v) is 2.62. The molecule has 1 amide bonds. The van der Waals surface area contributed by atoms with E-state index in [0.717, 1.165) is 16.5 Å². The first kappa shape index (κ1) is 18.5. The van der Waals surface area contributed by atoms with Gasteiger partial charge in [0.15, 0.2) is 11.6 Å². The lowest BCUT2D eigenvalue weighted by molar-refractivity contribution is -0.116. The maximum atomic E-state index is 13.6. The molecule has 1 N–H and O–H groups in total. The van der Waals surface area contributed by atoms with Crippen LogP contribution in [0.2, 0.25) is 0 Å². The van der Waals surface area contributed by atoms with E-state index in [1.807, 2.05) is 42.5 Å². The number of carbonyl (C=O) groups is 1. The zero-order valence-corrected chi connectivity index (χ0v) is 14.9. The van der Waals surface area contributed by atoms with Gasteiger partial charge in [0.05, 0.1) is 13.7 Å². The Kier molecular flexibility index (Phi) is 6.05. The molecule has 4 nitrogen and oxygen atoms in total. The van der Waals surface area contributed by atoms with Crippen LogP contribution in [0.25, 0.3) is 16.8 Å². The molecule has 5 heteroatoms. The molecule has 0 aliphatic carbocycles. The number of rotatable bonds is 7. The van der Waals surface area contributed by atoms with E-state index in [9.17, 15) is 9.18 Å². The molecule has 138 valence electrons. The van der Waals surface area contributed by atoms with Gasteiger partial charge in [-0.25, -0.2) is 4.39 Å². The van der Waals surface area contributed by atoms with Crippen molar-refractivity contribution >= 4 is 22.8 Å². The fourth-order valence-electron chi connectivity index (χ4n) is 2.62. The number of hydrogen-bond donors (Lipinski definition) is 1. The average molecular weight is 365 g/mol. The van der Waals surface area contributed by atoms with Gasteiger partial charge in [-0.15, -0.1) is 0 Å². The SMILES string of the molecule is COc1ccc(/C=C/C(=O)NCCOc2ccc3ccccc3c2)cc1F. The van der Waals surface area contributed by atoms with Crippen LogP contribution >= 0.6 is 0 Å². The molecular weight excluding hydrogens is 345 g/mol. The summed E-state index contributed by atoms with van der Waals surface area (Å²) in [6.45, 7) is 0.724. The molecule has 3 aromatic carbocycles. The smallest absolute Gasteiger partial charge is 0.244 e. The van der Waals surface area contributed by atoms with Gasteiger partial charge in [0.1, 0.15) is 12.4 Å². The van der Waals surface area contributed by atoms with Gasteiger partial charge >= 0.3 is 0 Å². The van der Waals surface area contributed by atoms with E-state index in [1.54, 1.807) is 12.1 Å². The highest BCUT2D eigenvalue weighted by Crippen LogP contribution is 2.20. The number of carbonyl (C=O) groups excluding carboxylic acids is 1. The van der Waals surface area contributed by atoms with Crippen LogP contribution in [0.1, 0.15) is 5.56 Å². The summed E-state index contributed by atoms with van der Waals surface area (Å²) in [6, 6.07) is 18.4. The Morgan fingerprint density at radius 3 is 2.67 bits per heavy atom. The molecule has 0 aliphatic rings. The molecule has 0 saturated heterocycles. The predicted octanol–water partition coefficient (Wildman–Crippen LogP) is 4.20. The Morgan fingerprint density at radius 1 is 1.07 bits per heavy atom. The van der Waals surface area contributed by atoms with Crippen molar-refractivity contribution in [2.75, 3.05) is 20.3 Å². The Labute approximate surface area is 157 Å². The Morgan fingerprint density at radius 2 is 1.89 bits per heavy atom. The van der Waals surface area contributed by atoms with Crippen molar-refractivity contribution in [3.63, 3.8) is 0 Å². The summed E-state index contributed by atoms with van der Waals surface area (Å²) in [5.41, 5.74) is 0.580. The highest BCUT2D eigenvalue weighted by atomic mass is 19.1. The minimum Gasteiger partial charge on any atom is -0.494 e. The molecule has 0 heterocycles. The van der Waals surface area contributed by atoms with Gasteiger partial charge in [-0.2, -0.15) is 0 Å². The lowest BCUT2D eigenvalue weighted by Gasteiger charge is -2.07. The number of nitrogens with one attached hydrogen (secondary N) is 1. The van der Waals surface area contributed by atoms with Crippen LogP contribution in [0, 0.1) is 5.82 Å². The topological polar surface area (TPSA) is 47.6 Å². The van der Waals surface area contributed by atoms with Crippen LogP contribution in [-0.4, -0.2) is 26.2 Å². The fraction of sp³-hybridized carbons (Fsp3) is 0.136. The third-order valence-corrected chi connectivity index (χ3v) is 3.99. The van der Waals surface area contributed by atoms with Crippen molar-refractivity contribution in [1.29, 1.82) is 0 Å². The Bertz CT molecular complexity index is 969. The number of ether oxygens (including phenoxy) is 2. The van der Waals surface area contributed by atoms with Crippen molar-refractivity contribution in [1.82, 2.24) is 5.32 Å². The molecule has 0 aliphatic heterocycles. The maximum Gasteiger partial charge on any atom is 0.244 e. The number of benzene rings is 3. The van der Waals surface area contributed by atoms with E-state index < -0.39 is 5.82 Å². The predicted molar refractivity (Wildman–Crippen MR) is 104 cm³/mol. The van der Waals surface area contributed by atoms with Gasteiger partial charge in [0.2, 0.25) is 5.91 Å². The lowest BCUT2D eigenvalue weighted by Crippen LogP contribution is -2.26. The van der Waals surface area contributed by atoms with Gasteiger partial charge < -0.3 is 14.8 Å². The van der Waals surface area contributed by atoms with Gasteiger partial charge in [0.25, 0.3) is 0 Å². The van der Waals surface area contributed by atoms with E-state index in [0.29, 0.717) is 18.7 Å². The van der Waals surface area contributed by atoms with E-state index in [4.69, 9.17) is 9.47 Å². The number of fused-ring (bicyclic) bond motifs is 1. The maximum absolute atomic E-state index is 13.6. The van der Waals surface area contributed by atoms with Crippen LogP contribution in [0.15, 0.2) is 66.7 Å². The van der Waals surface area contributed by atoms with E-state index in [-0.39, 0.29) is 11.7 Å². The zero-order valence-electron chi connectivity index (χ0n) is 14.9. The highest BCUT2D eigenvalue weighted by Gasteiger charge is 2.02. The third kappa shape index (κ3) is 5.07. The quantitative estimate of drug-likeness (QED) is 0.504. The average Bonchev–Trinajstić information content (AvgIpc) is 2.69. The number of amides is 1. The molecule has 0 atom stereocenters. The second-order valence-electron chi connectivity index (χ2n) is 5.88. The summed E-state index contributed by atoms with van der Waals surface area (Å²) in [5, 5.41) is 4.98. The largest absolute Gasteiger partial charge is 0.494 e. The van der Waals surface area contributed by atoms with Crippen molar-refractivity contribution in [3.8, 4) is 11.5 Å². The third-order valence-electron chi connectivity index (χ3n) is 3.99. The van der Waals surface area contributed by atoms with Crippen molar-refractivity contribution in [3.05, 3.63) is 78.1 Å². The van der Waals surface area contributed by atoms with Crippen LogP contribution in [0.3, 0.4) is 0 Å². The van der Waals surface area contributed by atoms with Gasteiger partial charge in [-0.05, 0) is 46.7 Å². The van der Waals surface area contributed by atoms with Gasteiger partial charge in [0, 0.05) is 6.08 Å². The van der Waals surface area contributed by atoms with E-state index >= 15 is 0 Å². The van der Waals surface area contributed by atoms with E-state index in [2.05, 4.69) is 5.32 Å². The van der Waals surface area contributed by atoms with Gasteiger partial charge in [-0.1, -0.05) is 36.4 Å². The second-order valence-corrected chi connectivity index (χ2v) is 5.88. The molecule has 0 spiro atoms. The summed E-state index contributed by atoms with van der Waals surface area (Å²) >= 11 is 0. The van der Waals surface area contributed by atoms with Crippen molar-refractivity contribution in [2.45, 2.75) is 0 Å². The first-order valence-electron chi connectivity index (χ1n) is 8.57. The summed E-state index contributed by atoms with van der Waals surface area (Å²) in [6.07, 6.45) is 2.90. The molecule has 27 heavy (non-hydrogen) atoms. The van der Waals surface area contributed by atoms with Crippen molar-refractivity contribution < 1.29 is 18.7 Å². The van der Waals surface area contributed by atoms with E-state index in [1.165, 1.54) is 25.3 Å². The molecule has 3 aromatic rings. The van der Waals surface area contributed by atoms with Crippen molar-refractivity contribution in [2.24, 2.45) is 0 Å². The minimum atomic E-state index is -0.469. The highest BCUT2D eigenvalue weighted by molar-refractivity contribution is 5.91. The molecule has 0 unspecified atom stereocenters. The zero-order chi connectivity index (χ0) is 19.1. The molecule has 0 fully saturated rings. The molecular formula is C22H20FNO3. The van der Waals surface area contributed by atoms with Crippen LogP contribution in [0.5, 0.6) is 11.5 Å². The summed E-state index contributed by atoms with van der Waals surface area (Å²) < 4.78 is 24.1. The number of methoxy groups -OCH3 is 1. The summed E-state index contributed by atoms with van der Waals surface area (Å²) in [7, 11) is 1.40. The number of halogens is 1. The summed E-state index contributed by atoms with van der Waals surface area (Å²) in [5.74, 6) is 0.187.